The molecule has 0 fully saturated rings. The van der Waals surface area contributed by atoms with Gasteiger partial charge in [-0.3, -0.25) is 14.6 Å². The molecular formula is C12H15NO3. The summed E-state index contributed by atoms with van der Waals surface area (Å²) in [5.41, 5.74) is 1.31. The van der Waals surface area contributed by atoms with Crippen LogP contribution in [0, 0.1) is 12.8 Å². The molecule has 0 amide bonds. The second-order valence-electron chi connectivity index (χ2n) is 3.54. The molecule has 16 heavy (non-hydrogen) atoms. The third-order valence-electron chi connectivity index (χ3n) is 2.50. The summed E-state index contributed by atoms with van der Waals surface area (Å²) in [5, 5.41) is 0. The van der Waals surface area contributed by atoms with Gasteiger partial charge in [-0.1, -0.05) is 6.92 Å². The van der Waals surface area contributed by atoms with Gasteiger partial charge in [0.15, 0.2) is 5.78 Å². The predicted octanol–water partition coefficient (Wildman–Crippen LogP) is 1.77. The van der Waals surface area contributed by atoms with E-state index < -0.39 is 11.9 Å². The normalized spacial score (nSPS) is 11.9. The summed E-state index contributed by atoms with van der Waals surface area (Å²) in [5.74, 6) is -1.40. The number of hydrogen-bond acceptors (Lipinski definition) is 4. The van der Waals surface area contributed by atoms with Gasteiger partial charge in [0.05, 0.1) is 7.11 Å². The molecule has 0 N–H and O–H groups in total. The van der Waals surface area contributed by atoms with Crippen molar-refractivity contribution in [2.24, 2.45) is 5.92 Å². The Morgan fingerprint density at radius 2 is 2.19 bits per heavy atom. The van der Waals surface area contributed by atoms with Crippen LogP contribution >= 0.6 is 0 Å². The molecule has 4 nitrogen and oxygen atoms in total. The van der Waals surface area contributed by atoms with Gasteiger partial charge in [0.2, 0.25) is 0 Å². The van der Waals surface area contributed by atoms with E-state index >= 15 is 0 Å². The van der Waals surface area contributed by atoms with Gasteiger partial charge in [-0.2, -0.15) is 0 Å². The molecule has 0 bridgehead atoms. The summed E-state index contributed by atoms with van der Waals surface area (Å²) in [6, 6.07) is 1.63. The van der Waals surface area contributed by atoms with Gasteiger partial charge in [0.25, 0.3) is 0 Å². The number of Topliss-reactive ketones (excluding diaryl/α,β-unsaturated/α-hetero) is 1. The van der Waals surface area contributed by atoms with Crippen LogP contribution in [0.2, 0.25) is 0 Å². The van der Waals surface area contributed by atoms with E-state index in [1.165, 1.54) is 7.11 Å². The monoisotopic (exact) mass is 221 g/mol. The van der Waals surface area contributed by atoms with Crippen molar-refractivity contribution < 1.29 is 14.3 Å². The van der Waals surface area contributed by atoms with Crippen LogP contribution in [0.4, 0.5) is 0 Å². The molecule has 0 aliphatic carbocycles. The highest BCUT2D eigenvalue weighted by Crippen LogP contribution is 2.16. The van der Waals surface area contributed by atoms with Gasteiger partial charge in [-0.05, 0) is 25.0 Å². The standard InChI is InChI=1S/C12H15NO3/c1-4-9(12(15)16-3)11(14)10-5-6-13-7-8(10)2/h5-7,9H,4H2,1-3H3. The summed E-state index contributed by atoms with van der Waals surface area (Å²) < 4.78 is 4.61. The Bertz CT molecular complexity index is 401. The Morgan fingerprint density at radius 1 is 1.50 bits per heavy atom. The zero-order valence-electron chi connectivity index (χ0n) is 9.69. The lowest BCUT2D eigenvalue weighted by Crippen LogP contribution is -2.25. The largest absolute Gasteiger partial charge is 0.468 e. The maximum absolute atomic E-state index is 12.1. The number of nitrogens with zero attached hydrogens (tertiary/aromatic N) is 1. The smallest absolute Gasteiger partial charge is 0.316 e. The Morgan fingerprint density at radius 3 is 2.69 bits per heavy atom. The van der Waals surface area contributed by atoms with Gasteiger partial charge < -0.3 is 4.74 Å². The molecule has 0 saturated carbocycles. The second kappa shape index (κ2) is 5.39. The fourth-order valence-corrected chi connectivity index (χ4v) is 1.54. The molecule has 4 heteroatoms. The minimum absolute atomic E-state index is 0.200. The lowest BCUT2D eigenvalue weighted by atomic mass is 9.94. The summed E-state index contributed by atoms with van der Waals surface area (Å²) in [7, 11) is 1.29. The van der Waals surface area contributed by atoms with Crippen molar-refractivity contribution in [2.45, 2.75) is 20.3 Å². The van der Waals surface area contributed by atoms with E-state index in [-0.39, 0.29) is 5.78 Å². The van der Waals surface area contributed by atoms with Crippen molar-refractivity contribution in [3.63, 3.8) is 0 Å². The molecule has 1 unspecified atom stereocenters. The van der Waals surface area contributed by atoms with Gasteiger partial charge in [-0.25, -0.2) is 0 Å². The third-order valence-corrected chi connectivity index (χ3v) is 2.50. The van der Waals surface area contributed by atoms with Crippen LogP contribution in [0.25, 0.3) is 0 Å². The summed E-state index contributed by atoms with van der Waals surface area (Å²) in [6.07, 6.45) is 3.59. The molecular weight excluding hydrogens is 206 g/mol. The zero-order valence-corrected chi connectivity index (χ0v) is 9.69. The third kappa shape index (κ3) is 2.45. The van der Waals surface area contributed by atoms with Gasteiger partial charge in [0.1, 0.15) is 5.92 Å². The van der Waals surface area contributed by atoms with Crippen LogP contribution in [0.5, 0.6) is 0 Å². The molecule has 86 valence electrons. The lowest BCUT2D eigenvalue weighted by Gasteiger charge is -2.12. The SMILES string of the molecule is CCC(C(=O)OC)C(=O)c1ccncc1C. The van der Waals surface area contributed by atoms with Crippen LogP contribution in [-0.4, -0.2) is 23.8 Å². The number of aromatic nitrogens is 1. The number of esters is 1. The fraction of sp³-hybridized carbons (Fsp3) is 0.417. The Balaban J connectivity index is 3.01. The topological polar surface area (TPSA) is 56.3 Å². The van der Waals surface area contributed by atoms with Crippen LogP contribution < -0.4 is 0 Å². The van der Waals surface area contributed by atoms with Crippen molar-refractivity contribution in [2.75, 3.05) is 7.11 Å². The predicted molar refractivity (Wildman–Crippen MR) is 59.1 cm³/mol. The lowest BCUT2D eigenvalue weighted by molar-refractivity contribution is -0.143. The number of ketones is 1. The quantitative estimate of drug-likeness (QED) is 0.441. The molecule has 1 atom stereocenters. The van der Waals surface area contributed by atoms with E-state index in [0.717, 1.165) is 5.56 Å². The number of carbonyl (C=O) groups is 2. The Kier molecular flexibility index (Phi) is 4.17. The first-order valence-corrected chi connectivity index (χ1v) is 5.14. The number of rotatable bonds is 4. The molecule has 0 aliphatic rings. The number of methoxy groups -OCH3 is 1. The molecule has 1 aromatic heterocycles. The van der Waals surface area contributed by atoms with E-state index in [1.54, 1.807) is 32.3 Å². The zero-order chi connectivity index (χ0) is 12.1. The first kappa shape index (κ1) is 12.4. The molecule has 0 aromatic carbocycles. The van der Waals surface area contributed by atoms with Crippen LogP contribution in [0.3, 0.4) is 0 Å². The van der Waals surface area contributed by atoms with E-state index in [4.69, 9.17) is 0 Å². The number of aryl methyl sites for hydroxylation is 1. The van der Waals surface area contributed by atoms with Crippen molar-refractivity contribution >= 4 is 11.8 Å². The van der Waals surface area contributed by atoms with Crippen LogP contribution in [0.15, 0.2) is 18.5 Å². The maximum atomic E-state index is 12.1. The molecule has 1 rings (SSSR count). The maximum Gasteiger partial charge on any atom is 0.316 e. The Labute approximate surface area is 94.6 Å². The average Bonchev–Trinajstić information content (AvgIpc) is 2.30. The van der Waals surface area contributed by atoms with E-state index in [2.05, 4.69) is 9.72 Å². The average molecular weight is 221 g/mol. The molecule has 0 aliphatic heterocycles. The van der Waals surface area contributed by atoms with E-state index in [1.807, 2.05) is 0 Å². The summed E-state index contributed by atoms with van der Waals surface area (Å²) >= 11 is 0. The number of hydrogen-bond donors (Lipinski definition) is 0. The highest BCUT2D eigenvalue weighted by molar-refractivity contribution is 6.09. The Hall–Kier alpha value is -1.71. The molecule has 1 heterocycles. The fourth-order valence-electron chi connectivity index (χ4n) is 1.54. The first-order chi connectivity index (χ1) is 7.61. The molecule has 0 saturated heterocycles. The molecule has 0 spiro atoms. The summed E-state index contributed by atoms with van der Waals surface area (Å²) in [6.45, 7) is 3.58. The van der Waals surface area contributed by atoms with E-state index in [9.17, 15) is 9.59 Å². The van der Waals surface area contributed by atoms with Crippen molar-refractivity contribution in [3.8, 4) is 0 Å². The molecule has 0 radical (unpaired) electrons. The minimum atomic E-state index is -0.717. The number of ether oxygens (including phenoxy) is 1. The first-order valence-electron chi connectivity index (χ1n) is 5.14. The van der Waals surface area contributed by atoms with Crippen molar-refractivity contribution in [3.05, 3.63) is 29.6 Å². The minimum Gasteiger partial charge on any atom is -0.468 e. The number of carbonyl (C=O) groups excluding carboxylic acids is 2. The summed E-state index contributed by atoms with van der Waals surface area (Å²) in [4.78, 5) is 27.4. The van der Waals surface area contributed by atoms with Crippen molar-refractivity contribution in [1.82, 2.24) is 4.98 Å². The van der Waals surface area contributed by atoms with E-state index in [0.29, 0.717) is 12.0 Å². The van der Waals surface area contributed by atoms with Crippen LogP contribution in [-0.2, 0) is 9.53 Å². The van der Waals surface area contributed by atoms with Crippen molar-refractivity contribution in [1.29, 1.82) is 0 Å². The van der Waals surface area contributed by atoms with Gasteiger partial charge in [0, 0.05) is 18.0 Å². The number of pyridine rings is 1. The molecule has 1 aromatic rings. The van der Waals surface area contributed by atoms with Gasteiger partial charge >= 0.3 is 5.97 Å². The van der Waals surface area contributed by atoms with Crippen LogP contribution in [0.1, 0.15) is 29.3 Å². The highest BCUT2D eigenvalue weighted by atomic mass is 16.5. The second-order valence-corrected chi connectivity index (χ2v) is 3.54. The highest BCUT2D eigenvalue weighted by Gasteiger charge is 2.27. The van der Waals surface area contributed by atoms with Gasteiger partial charge in [-0.15, -0.1) is 0 Å².